The number of halogens is 1. The molecular formula is C10H10ClN3O5. The number of benzene rings is 1. The van der Waals surface area contributed by atoms with Gasteiger partial charge in [0.15, 0.2) is 0 Å². The fourth-order valence-electron chi connectivity index (χ4n) is 1.25. The Morgan fingerprint density at radius 3 is 2.63 bits per heavy atom. The number of nitrogens with zero attached hydrogens (tertiary/aromatic N) is 1. The summed E-state index contributed by atoms with van der Waals surface area (Å²) in [5.74, 6) is -1.19. The lowest BCUT2D eigenvalue weighted by molar-refractivity contribution is -0.385. The summed E-state index contributed by atoms with van der Waals surface area (Å²) in [4.78, 5) is 31.6. The summed E-state index contributed by atoms with van der Waals surface area (Å²) in [6.07, 6.45) is 0. The molecule has 0 unspecified atom stereocenters. The summed E-state index contributed by atoms with van der Waals surface area (Å²) >= 11 is 5.64. The lowest BCUT2D eigenvalue weighted by atomic mass is 10.2. The van der Waals surface area contributed by atoms with Crippen molar-refractivity contribution >= 4 is 29.3 Å². The maximum Gasteiger partial charge on any atom is 0.323 e. The van der Waals surface area contributed by atoms with Crippen LogP contribution >= 0.6 is 11.6 Å². The van der Waals surface area contributed by atoms with E-state index >= 15 is 0 Å². The lowest BCUT2D eigenvalue weighted by Crippen LogP contribution is -2.38. The Labute approximate surface area is 112 Å². The number of hydrogen-bond donors (Lipinski definition) is 3. The Morgan fingerprint density at radius 2 is 2.05 bits per heavy atom. The van der Waals surface area contributed by atoms with Crippen LogP contribution < -0.4 is 10.6 Å². The summed E-state index contributed by atoms with van der Waals surface area (Å²) in [6, 6.07) is 3.32. The molecule has 0 aliphatic carbocycles. The van der Waals surface area contributed by atoms with E-state index in [4.69, 9.17) is 16.7 Å². The van der Waals surface area contributed by atoms with Crippen molar-refractivity contribution in [2.75, 3.05) is 6.54 Å². The molecule has 19 heavy (non-hydrogen) atoms. The van der Waals surface area contributed by atoms with Gasteiger partial charge in [0, 0.05) is 16.7 Å². The van der Waals surface area contributed by atoms with E-state index in [9.17, 15) is 19.7 Å². The topological polar surface area (TPSA) is 122 Å². The molecular weight excluding hydrogens is 278 g/mol. The van der Waals surface area contributed by atoms with Crippen LogP contribution in [0.3, 0.4) is 0 Å². The zero-order valence-corrected chi connectivity index (χ0v) is 10.3. The molecule has 9 heteroatoms. The van der Waals surface area contributed by atoms with E-state index in [-0.39, 0.29) is 22.8 Å². The van der Waals surface area contributed by atoms with Crippen molar-refractivity contribution in [3.8, 4) is 0 Å². The monoisotopic (exact) mass is 287 g/mol. The van der Waals surface area contributed by atoms with Crippen molar-refractivity contribution < 1.29 is 19.6 Å². The van der Waals surface area contributed by atoms with Crippen molar-refractivity contribution in [1.82, 2.24) is 10.6 Å². The maximum absolute atomic E-state index is 11.2. The zero-order chi connectivity index (χ0) is 14.4. The highest BCUT2D eigenvalue weighted by Crippen LogP contribution is 2.22. The van der Waals surface area contributed by atoms with Gasteiger partial charge in [-0.2, -0.15) is 0 Å². The molecule has 1 aromatic rings. The second kappa shape index (κ2) is 6.55. The summed E-state index contributed by atoms with van der Waals surface area (Å²) in [7, 11) is 0. The molecule has 0 saturated heterocycles. The molecule has 102 valence electrons. The van der Waals surface area contributed by atoms with Crippen LogP contribution in [0.2, 0.25) is 5.02 Å². The quantitative estimate of drug-likeness (QED) is 0.553. The van der Waals surface area contributed by atoms with E-state index in [1.165, 1.54) is 18.2 Å². The van der Waals surface area contributed by atoms with Crippen LogP contribution in [0.25, 0.3) is 0 Å². The van der Waals surface area contributed by atoms with Gasteiger partial charge in [-0.3, -0.25) is 14.9 Å². The fourth-order valence-corrected chi connectivity index (χ4v) is 1.42. The van der Waals surface area contributed by atoms with Crippen LogP contribution in [0.15, 0.2) is 18.2 Å². The van der Waals surface area contributed by atoms with E-state index in [0.29, 0.717) is 0 Å². The second-order valence-electron chi connectivity index (χ2n) is 3.46. The number of carboxylic acid groups (broad SMARTS) is 1. The van der Waals surface area contributed by atoms with Gasteiger partial charge < -0.3 is 15.7 Å². The number of carbonyl (C=O) groups is 2. The van der Waals surface area contributed by atoms with Gasteiger partial charge in [0.05, 0.1) is 11.5 Å². The largest absolute Gasteiger partial charge is 0.480 e. The third kappa shape index (κ3) is 4.80. The second-order valence-corrected chi connectivity index (χ2v) is 3.90. The molecule has 1 aromatic carbocycles. The fraction of sp³-hybridized carbons (Fsp3) is 0.200. The minimum atomic E-state index is -1.19. The lowest BCUT2D eigenvalue weighted by Gasteiger charge is -2.06. The molecule has 0 saturated carbocycles. The Hall–Kier alpha value is -2.35. The maximum atomic E-state index is 11.2. The average Bonchev–Trinajstić information content (AvgIpc) is 2.34. The molecule has 0 aliphatic heterocycles. The number of amides is 2. The highest BCUT2D eigenvalue weighted by atomic mass is 35.5. The predicted molar refractivity (Wildman–Crippen MR) is 66.0 cm³/mol. The van der Waals surface area contributed by atoms with E-state index < -0.39 is 23.5 Å². The first-order chi connectivity index (χ1) is 8.90. The number of carbonyl (C=O) groups excluding carboxylic acids is 1. The van der Waals surface area contributed by atoms with E-state index in [1.807, 2.05) is 0 Å². The van der Waals surface area contributed by atoms with Crippen molar-refractivity contribution in [1.29, 1.82) is 0 Å². The molecule has 0 radical (unpaired) electrons. The van der Waals surface area contributed by atoms with E-state index in [1.54, 1.807) is 0 Å². The number of rotatable bonds is 5. The number of nitro benzene ring substituents is 1. The number of urea groups is 1. The molecule has 0 bridgehead atoms. The first-order valence-electron chi connectivity index (χ1n) is 5.06. The Morgan fingerprint density at radius 1 is 1.37 bits per heavy atom. The first kappa shape index (κ1) is 14.7. The molecule has 8 nitrogen and oxygen atoms in total. The van der Waals surface area contributed by atoms with Crippen LogP contribution in [-0.2, 0) is 11.3 Å². The van der Waals surface area contributed by atoms with Crippen molar-refractivity contribution in [3.05, 3.63) is 38.9 Å². The van der Waals surface area contributed by atoms with Crippen LogP contribution in [0.1, 0.15) is 5.56 Å². The van der Waals surface area contributed by atoms with Gasteiger partial charge in [-0.15, -0.1) is 0 Å². The van der Waals surface area contributed by atoms with Crippen LogP contribution in [-0.4, -0.2) is 28.6 Å². The van der Waals surface area contributed by atoms with Crippen LogP contribution in [0.4, 0.5) is 10.5 Å². The zero-order valence-electron chi connectivity index (χ0n) is 9.55. The summed E-state index contributed by atoms with van der Waals surface area (Å²) in [6.45, 7) is -0.645. The number of hydrogen-bond acceptors (Lipinski definition) is 4. The summed E-state index contributed by atoms with van der Waals surface area (Å²) < 4.78 is 0. The Balaban J connectivity index is 2.65. The molecule has 0 fully saturated rings. The van der Waals surface area contributed by atoms with Crippen LogP contribution in [0, 0.1) is 10.1 Å². The van der Waals surface area contributed by atoms with E-state index in [2.05, 4.69) is 10.6 Å². The molecule has 2 amide bonds. The van der Waals surface area contributed by atoms with Crippen LogP contribution in [0.5, 0.6) is 0 Å². The highest BCUT2D eigenvalue weighted by Gasteiger charge is 2.14. The minimum absolute atomic E-state index is 0.112. The minimum Gasteiger partial charge on any atom is -0.480 e. The van der Waals surface area contributed by atoms with Crippen molar-refractivity contribution in [3.63, 3.8) is 0 Å². The van der Waals surface area contributed by atoms with Crippen molar-refractivity contribution in [2.24, 2.45) is 0 Å². The summed E-state index contributed by atoms with van der Waals surface area (Å²) in [5.41, 5.74) is 0.0471. The number of carboxylic acids is 1. The third-order valence-corrected chi connectivity index (χ3v) is 2.32. The number of nitro groups is 1. The predicted octanol–water partition coefficient (Wildman–Crippen LogP) is 1.13. The highest BCUT2D eigenvalue weighted by molar-refractivity contribution is 6.30. The molecule has 0 heterocycles. The average molecular weight is 288 g/mol. The number of nitrogens with one attached hydrogen (secondary N) is 2. The van der Waals surface area contributed by atoms with Gasteiger partial charge in [-0.25, -0.2) is 4.79 Å². The van der Waals surface area contributed by atoms with Gasteiger partial charge in [-0.05, 0) is 12.1 Å². The van der Waals surface area contributed by atoms with Gasteiger partial charge in [0.25, 0.3) is 5.69 Å². The first-order valence-corrected chi connectivity index (χ1v) is 5.44. The smallest absolute Gasteiger partial charge is 0.323 e. The van der Waals surface area contributed by atoms with E-state index in [0.717, 1.165) is 0 Å². The van der Waals surface area contributed by atoms with Gasteiger partial charge >= 0.3 is 12.0 Å². The number of aliphatic carboxylic acids is 1. The SMILES string of the molecule is O=C(O)CNC(=O)NCc1ccc(Cl)cc1[N+](=O)[O-]. The molecule has 0 aliphatic rings. The molecule has 1 rings (SSSR count). The van der Waals surface area contributed by atoms with Gasteiger partial charge in [0.1, 0.15) is 6.54 Å². The standard InChI is InChI=1S/C10H10ClN3O5/c11-7-2-1-6(8(3-7)14(18)19)4-12-10(17)13-5-9(15)16/h1-3H,4-5H2,(H,15,16)(H2,12,13,17). The normalized spacial score (nSPS) is 9.74. The molecule has 3 N–H and O–H groups in total. The Kier molecular flexibility index (Phi) is 5.07. The third-order valence-electron chi connectivity index (χ3n) is 2.08. The van der Waals surface area contributed by atoms with Crippen molar-refractivity contribution in [2.45, 2.75) is 6.54 Å². The van der Waals surface area contributed by atoms with Gasteiger partial charge in [0.2, 0.25) is 0 Å². The Bertz CT molecular complexity index is 520. The molecule has 0 spiro atoms. The summed E-state index contributed by atoms with van der Waals surface area (Å²) in [5, 5.41) is 23.7. The van der Waals surface area contributed by atoms with Gasteiger partial charge in [-0.1, -0.05) is 11.6 Å². The molecule has 0 aromatic heterocycles. The molecule has 0 atom stereocenters.